The number of benzene rings is 2. The molecule has 0 radical (unpaired) electrons. The Morgan fingerprint density at radius 1 is 0.905 bits per heavy atom. The van der Waals surface area contributed by atoms with Gasteiger partial charge in [0.25, 0.3) is 0 Å². The molecule has 0 saturated heterocycles. The normalized spacial score (nSPS) is 11.8. The second kappa shape index (κ2) is 5.70. The van der Waals surface area contributed by atoms with Crippen LogP contribution < -0.4 is 5.73 Å². The lowest BCUT2D eigenvalue weighted by Crippen LogP contribution is -2.04. The van der Waals surface area contributed by atoms with Crippen molar-refractivity contribution in [1.29, 1.82) is 0 Å². The minimum atomic E-state index is -4.68. The summed E-state index contributed by atoms with van der Waals surface area (Å²) in [7, 11) is 0. The number of anilines is 1. The lowest BCUT2D eigenvalue weighted by molar-refractivity contribution is -0.137. The Labute approximate surface area is 117 Å². The molecule has 0 aliphatic carbocycles. The van der Waals surface area contributed by atoms with E-state index < -0.39 is 17.4 Å². The summed E-state index contributed by atoms with van der Waals surface area (Å²) in [5.74, 6) is 0. The van der Waals surface area contributed by atoms with Crippen molar-refractivity contribution in [2.24, 2.45) is 15.4 Å². The number of nitrogens with two attached hydrogens (primary N) is 1. The summed E-state index contributed by atoms with van der Waals surface area (Å²) in [6, 6.07) is 9.23. The first-order valence-electron chi connectivity index (χ1n) is 5.72. The van der Waals surface area contributed by atoms with E-state index in [0.717, 1.165) is 12.1 Å². The van der Waals surface area contributed by atoms with Crippen molar-refractivity contribution in [3.05, 3.63) is 52.9 Å². The third kappa shape index (κ3) is 3.62. The molecule has 0 aromatic heterocycles. The highest BCUT2D eigenvalue weighted by atomic mass is 19.4. The van der Waals surface area contributed by atoms with Crippen LogP contribution in [0.15, 0.2) is 57.9 Å². The van der Waals surface area contributed by atoms with Gasteiger partial charge in [-0.05, 0) is 47.6 Å². The van der Waals surface area contributed by atoms with Gasteiger partial charge in [0.2, 0.25) is 0 Å². The smallest absolute Gasteiger partial charge is 0.399 e. The quantitative estimate of drug-likeness (QED) is 0.485. The van der Waals surface area contributed by atoms with Gasteiger partial charge in [-0.2, -0.15) is 23.4 Å². The summed E-state index contributed by atoms with van der Waals surface area (Å²) < 4.78 is 38.2. The highest BCUT2D eigenvalue weighted by Gasteiger charge is 2.34. The Hall–Kier alpha value is -2.77. The van der Waals surface area contributed by atoms with E-state index in [1.165, 1.54) is 6.07 Å². The average Bonchev–Trinajstić information content (AvgIpc) is 2.45. The first-order chi connectivity index (χ1) is 9.90. The van der Waals surface area contributed by atoms with Crippen molar-refractivity contribution in [3.63, 3.8) is 0 Å². The maximum atomic E-state index is 12.7. The summed E-state index contributed by atoms with van der Waals surface area (Å²) in [5, 5.41) is 9.84. The Morgan fingerprint density at radius 2 is 1.48 bits per heavy atom. The summed E-state index contributed by atoms with van der Waals surface area (Å²) in [5.41, 5.74) is 4.60. The molecular weight excluding hydrogens is 285 g/mol. The fraction of sp³-hybridized carbons (Fsp3) is 0.0769. The number of hydrogen-bond acceptors (Lipinski definition) is 5. The molecule has 2 rings (SSSR count). The van der Waals surface area contributed by atoms with Crippen molar-refractivity contribution < 1.29 is 13.2 Å². The molecule has 2 N–H and O–H groups in total. The summed E-state index contributed by atoms with van der Waals surface area (Å²) >= 11 is 0. The zero-order valence-corrected chi connectivity index (χ0v) is 10.5. The van der Waals surface area contributed by atoms with Gasteiger partial charge in [-0.1, -0.05) is 0 Å². The Bertz CT molecular complexity index is 681. The first kappa shape index (κ1) is 14.6. The van der Waals surface area contributed by atoms with Gasteiger partial charge in [0.05, 0.1) is 16.9 Å². The molecule has 2 aromatic rings. The molecule has 0 unspecified atom stereocenters. The van der Waals surface area contributed by atoms with Gasteiger partial charge in [0.1, 0.15) is 5.69 Å². The molecule has 108 valence electrons. The van der Waals surface area contributed by atoms with Crippen LogP contribution >= 0.6 is 0 Å². The molecule has 0 fully saturated rings. The van der Waals surface area contributed by atoms with E-state index in [1.807, 2.05) is 0 Å². The van der Waals surface area contributed by atoms with Gasteiger partial charge >= 0.3 is 6.18 Å². The van der Waals surface area contributed by atoms with Crippen molar-refractivity contribution in [3.8, 4) is 0 Å². The number of nitrogens with zero attached hydrogens (tertiary/aromatic N) is 3. The molecule has 21 heavy (non-hydrogen) atoms. The van der Waals surface area contributed by atoms with Crippen molar-refractivity contribution in [2.45, 2.75) is 6.18 Å². The highest BCUT2D eigenvalue weighted by molar-refractivity contribution is 5.55. The van der Waals surface area contributed by atoms with Crippen LogP contribution in [-0.2, 0) is 6.18 Å². The number of azo groups is 1. The Morgan fingerprint density at radius 3 is 2.05 bits per heavy atom. The largest absolute Gasteiger partial charge is 0.418 e. The number of nitrogen functional groups attached to an aromatic ring is 1. The number of hydrogen-bond donors (Lipinski definition) is 1. The lowest BCUT2D eigenvalue weighted by atomic mass is 10.1. The molecule has 5 nitrogen and oxygen atoms in total. The van der Waals surface area contributed by atoms with Gasteiger partial charge in [-0.25, -0.2) is 0 Å². The van der Waals surface area contributed by atoms with E-state index in [-0.39, 0.29) is 5.69 Å². The average molecular weight is 294 g/mol. The number of alkyl halides is 3. The standard InChI is InChI=1S/C13H9F3N4O/c14-13(15,16)11-7-10(5-6-12(11)20-21)19-18-9-3-1-8(17)2-4-9/h1-7H,17H2/b19-18+. The van der Waals surface area contributed by atoms with Crippen LogP contribution in [0, 0.1) is 4.91 Å². The van der Waals surface area contributed by atoms with Crippen LogP contribution in [0.3, 0.4) is 0 Å². The van der Waals surface area contributed by atoms with E-state index >= 15 is 0 Å². The molecule has 0 heterocycles. The highest BCUT2D eigenvalue weighted by Crippen LogP contribution is 2.38. The minimum Gasteiger partial charge on any atom is -0.399 e. The Kier molecular flexibility index (Phi) is 3.97. The summed E-state index contributed by atoms with van der Waals surface area (Å²) in [4.78, 5) is 10.4. The molecule has 0 aliphatic heterocycles. The van der Waals surface area contributed by atoms with Gasteiger partial charge < -0.3 is 5.73 Å². The van der Waals surface area contributed by atoms with Crippen molar-refractivity contribution in [2.75, 3.05) is 5.73 Å². The van der Waals surface area contributed by atoms with E-state index in [4.69, 9.17) is 5.73 Å². The van der Waals surface area contributed by atoms with E-state index in [1.54, 1.807) is 24.3 Å². The summed E-state index contributed by atoms with van der Waals surface area (Å²) in [6.45, 7) is 0. The third-order valence-corrected chi connectivity index (χ3v) is 2.56. The van der Waals surface area contributed by atoms with E-state index in [0.29, 0.717) is 11.4 Å². The molecule has 0 spiro atoms. The van der Waals surface area contributed by atoms with Crippen molar-refractivity contribution >= 4 is 22.7 Å². The molecule has 0 aliphatic rings. The summed E-state index contributed by atoms with van der Waals surface area (Å²) in [6.07, 6.45) is -4.68. The van der Waals surface area contributed by atoms with Gasteiger partial charge in [0, 0.05) is 5.69 Å². The molecule has 8 heteroatoms. The van der Waals surface area contributed by atoms with Crippen LogP contribution in [0.5, 0.6) is 0 Å². The zero-order chi connectivity index (χ0) is 15.5. The monoisotopic (exact) mass is 294 g/mol. The molecule has 2 aromatic carbocycles. The van der Waals surface area contributed by atoms with Gasteiger partial charge in [-0.15, -0.1) is 4.91 Å². The van der Waals surface area contributed by atoms with Crippen LogP contribution in [0.1, 0.15) is 5.56 Å². The predicted octanol–water partition coefficient (Wildman–Crippen LogP) is 5.10. The van der Waals surface area contributed by atoms with E-state index in [2.05, 4.69) is 15.4 Å². The zero-order valence-electron chi connectivity index (χ0n) is 10.5. The maximum absolute atomic E-state index is 12.7. The van der Waals surface area contributed by atoms with Crippen LogP contribution in [0.2, 0.25) is 0 Å². The first-order valence-corrected chi connectivity index (χ1v) is 5.72. The molecule has 0 amide bonds. The number of halogens is 3. The fourth-order valence-corrected chi connectivity index (χ4v) is 1.55. The maximum Gasteiger partial charge on any atom is 0.418 e. The van der Waals surface area contributed by atoms with Gasteiger partial charge in [-0.3, -0.25) is 0 Å². The van der Waals surface area contributed by atoms with Crippen molar-refractivity contribution in [1.82, 2.24) is 0 Å². The molecular formula is C13H9F3N4O. The predicted molar refractivity (Wildman–Crippen MR) is 71.9 cm³/mol. The van der Waals surface area contributed by atoms with E-state index in [9.17, 15) is 18.1 Å². The second-order valence-electron chi connectivity index (χ2n) is 4.08. The van der Waals surface area contributed by atoms with Crippen LogP contribution in [-0.4, -0.2) is 0 Å². The topological polar surface area (TPSA) is 80.2 Å². The van der Waals surface area contributed by atoms with Gasteiger partial charge in [0.15, 0.2) is 0 Å². The molecule has 0 atom stereocenters. The SMILES string of the molecule is Nc1ccc(/N=N/c2ccc(N=O)c(C(F)(F)F)c2)cc1. The molecule has 0 saturated carbocycles. The lowest BCUT2D eigenvalue weighted by Gasteiger charge is -2.08. The second-order valence-corrected chi connectivity index (χ2v) is 4.08. The van der Waals surface area contributed by atoms with Crippen LogP contribution in [0.25, 0.3) is 0 Å². The van der Waals surface area contributed by atoms with Crippen LogP contribution in [0.4, 0.5) is 35.9 Å². The third-order valence-electron chi connectivity index (χ3n) is 2.56. The number of rotatable bonds is 3. The Balaban J connectivity index is 2.33. The minimum absolute atomic E-state index is 0.0356. The molecule has 0 bridgehead atoms. The number of nitroso groups, excluding NO2 is 1. The fourth-order valence-electron chi connectivity index (χ4n) is 1.55.